The molecular weight excluding hydrogens is 192 g/mol. The van der Waals surface area contributed by atoms with E-state index in [1.165, 1.54) is 6.42 Å². The zero-order chi connectivity index (χ0) is 11.4. The number of nitrogens with zero attached hydrogens (tertiary/aromatic N) is 1. The van der Waals surface area contributed by atoms with E-state index >= 15 is 0 Å². The normalized spacial score (nSPS) is 11.2. The number of likely N-dealkylation sites (N-methyl/N-ethyl adjacent to an activating group) is 1. The maximum Gasteiger partial charge on any atom is 0.0593 e. The van der Waals surface area contributed by atoms with E-state index in [-0.39, 0.29) is 0 Å². The molecule has 0 spiro atoms. The van der Waals surface area contributed by atoms with Crippen LogP contribution in [0.15, 0.2) is 0 Å². The summed E-state index contributed by atoms with van der Waals surface area (Å²) in [6, 6.07) is 0. The standard InChI is InChI=1S/C11H26N2O2/c1-3-14-9-5-4-7-13(2)8-11-15-10-6-12/h3-12H2,1-2H3. The predicted molar refractivity (Wildman–Crippen MR) is 63.1 cm³/mol. The molecule has 0 saturated carbocycles. The average Bonchev–Trinajstić information content (AvgIpc) is 2.24. The number of ether oxygens (including phenoxy) is 2. The quantitative estimate of drug-likeness (QED) is 0.519. The molecule has 4 nitrogen and oxygen atoms in total. The van der Waals surface area contributed by atoms with E-state index in [4.69, 9.17) is 15.2 Å². The highest BCUT2D eigenvalue weighted by Gasteiger charge is 1.97. The molecule has 0 unspecified atom stereocenters. The van der Waals surface area contributed by atoms with E-state index in [0.29, 0.717) is 13.2 Å². The Morgan fingerprint density at radius 3 is 2.47 bits per heavy atom. The summed E-state index contributed by atoms with van der Waals surface area (Å²) >= 11 is 0. The van der Waals surface area contributed by atoms with Gasteiger partial charge in [-0.25, -0.2) is 0 Å². The van der Waals surface area contributed by atoms with Gasteiger partial charge in [0.05, 0.1) is 13.2 Å². The SMILES string of the molecule is CCOCCCCN(C)CCOCCN. The molecule has 2 N–H and O–H groups in total. The minimum atomic E-state index is 0.609. The Morgan fingerprint density at radius 2 is 1.80 bits per heavy atom. The Bertz CT molecular complexity index is 123. The highest BCUT2D eigenvalue weighted by atomic mass is 16.5. The van der Waals surface area contributed by atoms with E-state index < -0.39 is 0 Å². The van der Waals surface area contributed by atoms with Gasteiger partial charge in [-0.05, 0) is 33.4 Å². The van der Waals surface area contributed by atoms with Gasteiger partial charge in [-0.15, -0.1) is 0 Å². The minimum absolute atomic E-state index is 0.609. The lowest BCUT2D eigenvalue weighted by molar-refractivity contribution is 0.113. The molecule has 0 saturated heterocycles. The summed E-state index contributed by atoms with van der Waals surface area (Å²) in [5.74, 6) is 0. The fraction of sp³-hybridized carbons (Fsp3) is 1.00. The summed E-state index contributed by atoms with van der Waals surface area (Å²) in [7, 11) is 2.12. The molecule has 0 bridgehead atoms. The molecule has 0 aromatic rings. The van der Waals surface area contributed by atoms with Crippen LogP contribution < -0.4 is 5.73 Å². The fourth-order valence-corrected chi connectivity index (χ4v) is 1.25. The van der Waals surface area contributed by atoms with Crippen LogP contribution in [0.1, 0.15) is 19.8 Å². The van der Waals surface area contributed by atoms with Crippen LogP contribution in [0.4, 0.5) is 0 Å². The van der Waals surface area contributed by atoms with E-state index in [0.717, 1.165) is 39.3 Å². The average molecular weight is 218 g/mol. The van der Waals surface area contributed by atoms with Crippen molar-refractivity contribution < 1.29 is 9.47 Å². The van der Waals surface area contributed by atoms with Crippen molar-refractivity contribution in [2.75, 3.05) is 53.1 Å². The summed E-state index contributed by atoms with van der Waals surface area (Å²) in [6.45, 7) is 7.88. The number of unbranched alkanes of at least 4 members (excludes halogenated alkanes) is 1. The first-order valence-corrected chi connectivity index (χ1v) is 5.85. The minimum Gasteiger partial charge on any atom is -0.382 e. The molecule has 92 valence electrons. The van der Waals surface area contributed by atoms with Gasteiger partial charge < -0.3 is 20.1 Å². The number of rotatable bonds is 11. The second-order valence-electron chi connectivity index (χ2n) is 3.61. The Morgan fingerprint density at radius 1 is 1.00 bits per heavy atom. The number of nitrogens with two attached hydrogens (primary N) is 1. The molecule has 0 atom stereocenters. The lowest BCUT2D eigenvalue weighted by atomic mass is 10.3. The van der Waals surface area contributed by atoms with E-state index in [1.54, 1.807) is 0 Å². The molecule has 15 heavy (non-hydrogen) atoms. The van der Waals surface area contributed by atoms with Crippen molar-refractivity contribution in [3.05, 3.63) is 0 Å². The van der Waals surface area contributed by atoms with Gasteiger partial charge in [0.25, 0.3) is 0 Å². The van der Waals surface area contributed by atoms with Gasteiger partial charge in [0.1, 0.15) is 0 Å². The Balaban J connectivity index is 3.08. The van der Waals surface area contributed by atoms with Crippen LogP contribution in [0.5, 0.6) is 0 Å². The summed E-state index contributed by atoms with van der Waals surface area (Å²) in [5.41, 5.74) is 5.32. The fourth-order valence-electron chi connectivity index (χ4n) is 1.25. The molecular formula is C11H26N2O2. The zero-order valence-electron chi connectivity index (χ0n) is 10.2. The monoisotopic (exact) mass is 218 g/mol. The van der Waals surface area contributed by atoms with Gasteiger partial charge in [0.2, 0.25) is 0 Å². The first-order valence-electron chi connectivity index (χ1n) is 5.85. The van der Waals surface area contributed by atoms with Crippen molar-refractivity contribution in [3.63, 3.8) is 0 Å². The van der Waals surface area contributed by atoms with Crippen LogP contribution in [-0.4, -0.2) is 58.0 Å². The molecule has 0 aliphatic carbocycles. The molecule has 0 aromatic heterocycles. The second kappa shape index (κ2) is 11.9. The van der Waals surface area contributed by atoms with Crippen LogP contribution in [0.25, 0.3) is 0 Å². The van der Waals surface area contributed by atoms with Gasteiger partial charge >= 0.3 is 0 Å². The van der Waals surface area contributed by atoms with Crippen molar-refractivity contribution in [2.45, 2.75) is 19.8 Å². The topological polar surface area (TPSA) is 47.7 Å². The van der Waals surface area contributed by atoms with Crippen LogP contribution in [0.3, 0.4) is 0 Å². The molecule has 0 aromatic carbocycles. The molecule has 0 heterocycles. The molecule has 0 fully saturated rings. The lowest BCUT2D eigenvalue weighted by Gasteiger charge is -2.16. The lowest BCUT2D eigenvalue weighted by Crippen LogP contribution is -2.25. The number of hydrogen-bond acceptors (Lipinski definition) is 4. The predicted octanol–water partition coefficient (Wildman–Crippen LogP) is 0.710. The van der Waals surface area contributed by atoms with Crippen molar-refractivity contribution in [3.8, 4) is 0 Å². The Labute approximate surface area is 93.7 Å². The van der Waals surface area contributed by atoms with E-state index in [9.17, 15) is 0 Å². The van der Waals surface area contributed by atoms with Gasteiger partial charge in [-0.3, -0.25) is 0 Å². The third-order valence-corrected chi connectivity index (χ3v) is 2.16. The van der Waals surface area contributed by atoms with Crippen LogP contribution in [-0.2, 0) is 9.47 Å². The summed E-state index contributed by atoms with van der Waals surface area (Å²) in [6.07, 6.45) is 2.33. The van der Waals surface area contributed by atoms with Gasteiger partial charge in [0.15, 0.2) is 0 Å². The van der Waals surface area contributed by atoms with Crippen LogP contribution >= 0.6 is 0 Å². The zero-order valence-corrected chi connectivity index (χ0v) is 10.2. The smallest absolute Gasteiger partial charge is 0.0593 e. The first-order chi connectivity index (χ1) is 7.31. The molecule has 0 aliphatic rings. The first kappa shape index (κ1) is 14.8. The van der Waals surface area contributed by atoms with Gasteiger partial charge in [-0.1, -0.05) is 0 Å². The third kappa shape index (κ3) is 11.8. The Hall–Kier alpha value is -0.160. The largest absolute Gasteiger partial charge is 0.382 e. The van der Waals surface area contributed by atoms with E-state index in [1.807, 2.05) is 6.92 Å². The van der Waals surface area contributed by atoms with Crippen molar-refractivity contribution in [1.29, 1.82) is 0 Å². The Kier molecular flexibility index (Phi) is 11.8. The molecule has 0 rings (SSSR count). The summed E-state index contributed by atoms with van der Waals surface area (Å²) < 4.78 is 10.6. The van der Waals surface area contributed by atoms with Crippen molar-refractivity contribution in [1.82, 2.24) is 4.90 Å². The summed E-state index contributed by atoms with van der Waals surface area (Å²) in [4.78, 5) is 2.28. The van der Waals surface area contributed by atoms with Gasteiger partial charge in [-0.2, -0.15) is 0 Å². The maximum absolute atomic E-state index is 5.32. The highest BCUT2D eigenvalue weighted by Crippen LogP contribution is 1.93. The van der Waals surface area contributed by atoms with Crippen molar-refractivity contribution >= 4 is 0 Å². The van der Waals surface area contributed by atoms with E-state index in [2.05, 4.69) is 11.9 Å². The third-order valence-electron chi connectivity index (χ3n) is 2.16. The molecule has 0 aliphatic heterocycles. The van der Waals surface area contributed by atoms with Crippen molar-refractivity contribution in [2.24, 2.45) is 5.73 Å². The maximum atomic E-state index is 5.32. The van der Waals surface area contributed by atoms with Crippen LogP contribution in [0, 0.1) is 0 Å². The van der Waals surface area contributed by atoms with Gasteiger partial charge in [0, 0.05) is 26.3 Å². The number of hydrogen-bond donors (Lipinski definition) is 1. The molecule has 0 radical (unpaired) electrons. The highest BCUT2D eigenvalue weighted by molar-refractivity contribution is 4.51. The molecule has 0 amide bonds. The molecule has 4 heteroatoms. The summed E-state index contributed by atoms with van der Waals surface area (Å²) in [5, 5.41) is 0. The van der Waals surface area contributed by atoms with Crippen LogP contribution in [0.2, 0.25) is 0 Å². The second-order valence-corrected chi connectivity index (χ2v) is 3.61.